The number of anilines is 1. The van der Waals surface area contributed by atoms with Gasteiger partial charge in [-0.3, -0.25) is 4.79 Å². The molecule has 7 heteroatoms. The summed E-state index contributed by atoms with van der Waals surface area (Å²) in [7, 11) is 0. The summed E-state index contributed by atoms with van der Waals surface area (Å²) in [5.74, 6) is 0.830. The average Bonchev–Trinajstić information content (AvgIpc) is 3.25. The van der Waals surface area contributed by atoms with Crippen molar-refractivity contribution in [2.75, 3.05) is 44.4 Å². The first-order valence-electron chi connectivity index (χ1n) is 10.7. The molecule has 2 aliphatic rings. The number of rotatable bonds is 6. The molecule has 1 N–H and O–H groups in total. The summed E-state index contributed by atoms with van der Waals surface area (Å²) in [4.78, 5) is 17.2. The minimum atomic E-state index is -0.330. The number of carbonyl (C=O) groups excluding carboxylic acids is 1. The number of benzene rings is 2. The van der Waals surface area contributed by atoms with Gasteiger partial charge >= 0.3 is 0 Å². The highest BCUT2D eigenvalue weighted by Crippen LogP contribution is 2.33. The Kier molecular flexibility index (Phi) is 6.42. The van der Waals surface area contributed by atoms with Gasteiger partial charge in [-0.2, -0.15) is 0 Å². The number of ether oxygens (including phenoxy) is 2. The molecule has 0 radical (unpaired) electrons. The van der Waals surface area contributed by atoms with Crippen molar-refractivity contribution in [3.63, 3.8) is 0 Å². The molecule has 0 saturated carbocycles. The molecule has 2 heterocycles. The lowest BCUT2D eigenvalue weighted by Crippen LogP contribution is -2.46. The number of fused-ring (bicyclic) bond motifs is 1. The van der Waals surface area contributed by atoms with Crippen LogP contribution in [-0.2, 0) is 4.79 Å². The standard InChI is InChI=1S/C24H28FN3O3/c1-3-27-10-12-28(13-11-27)21-7-6-19(25)15-20(21)17(2)26-24(29)9-5-18-4-8-22-23(14-18)31-16-30-22/h4-9,14-15,17H,3,10-13,16H2,1-2H3,(H,26,29). The van der Waals surface area contributed by atoms with Gasteiger partial charge in [0, 0.05) is 43.5 Å². The summed E-state index contributed by atoms with van der Waals surface area (Å²) in [6, 6.07) is 10.0. The van der Waals surface area contributed by atoms with Crippen LogP contribution >= 0.6 is 0 Å². The fourth-order valence-corrected chi connectivity index (χ4v) is 3.99. The largest absolute Gasteiger partial charge is 0.454 e. The first-order valence-corrected chi connectivity index (χ1v) is 10.7. The summed E-state index contributed by atoms with van der Waals surface area (Å²) in [5.41, 5.74) is 2.60. The van der Waals surface area contributed by atoms with Crippen LogP contribution in [0, 0.1) is 5.82 Å². The number of hydrogen-bond donors (Lipinski definition) is 1. The Morgan fingerprint density at radius 1 is 1.13 bits per heavy atom. The summed E-state index contributed by atoms with van der Waals surface area (Å²) in [6.45, 7) is 9.02. The van der Waals surface area contributed by atoms with Crippen LogP contribution < -0.4 is 19.7 Å². The molecule has 2 aromatic carbocycles. The summed E-state index contributed by atoms with van der Waals surface area (Å²) in [6.07, 6.45) is 3.20. The van der Waals surface area contributed by atoms with E-state index < -0.39 is 0 Å². The maximum atomic E-state index is 14.0. The maximum Gasteiger partial charge on any atom is 0.244 e. The molecule has 1 unspecified atom stereocenters. The Bertz CT molecular complexity index is 971. The van der Waals surface area contributed by atoms with E-state index in [9.17, 15) is 9.18 Å². The fraction of sp³-hybridized carbons (Fsp3) is 0.375. The van der Waals surface area contributed by atoms with Gasteiger partial charge < -0.3 is 24.6 Å². The maximum absolute atomic E-state index is 14.0. The van der Waals surface area contributed by atoms with E-state index in [1.807, 2.05) is 31.2 Å². The second kappa shape index (κ2) is 9.39. The molecule has 1 fully saturated rings. The van der Waals surface area contributed by atoms with E-state index in [1.165, 1.54) is 18.2 Å². The van der Waals surface area contributed by atoms with Crippen molar-refractivity contribution in [1.29, 1.82) is 0 Å². The molecule has 2 aromatic rings. The summed E-state index contributed by atoms with van der Waals surface area (Å²) < 4.78 is 24.7. The van der Waals surface area contributed by atoms with Crippen LogP contribution in [0.1, 0.15) is 31.0 Å². The van der Waals surface area contributed by atoms with E-state index in [0.717, 1.165) is 49.5 Å². The molecular weight excluding hydrogens is 397 g/mol. The zero-order valence-corrected chi connectivity index (χ0v) is 17.9. The lowest BCUT2D eigenvalue weighted by Gasteiger charge is -2.37. The predicted octanol–water partition coefficient (Wildman–Crippen LogP) is 3.59. The molecule has 0 bridgehead atoms. The third-order valence-corrected chi connectivity index (χ3v) is 5.80. The quantitative estimate of drug-likeness (QED) is 0.717. The summed E-state index contributed by atoms with van der Waals surface area (Å²) >= 11 is 0. The van der Waals surface area contributed by atoms with Crippen LogP contribution in [0.3, 0.4) is 0 Å². The molecule has 0 aliphatic carbocycles. The number of halogens is 1. The van der Waals surface area contributed by atoms with E-state index in [-0.39, 0.29) is 24.6 Å². The Balaban J connectivity index is 1.43. The van der Waals surface area contributed by atoms with Crippen molar-refractivity contribution < 1.29 is 18.7 Å². The molecular formula is C24H28FN3O3. The third-order valence-electron chi connectivity index (χ3n) is 5.80. The van der Waals surface area contributed by atoms with E-state index in [0.29, 0.717) is 11.5 Å². The van der Waals surface area contributed by atoms with Gasteiger partial charge in [-0.15, -0.1) is 0 Å². The first-order chi connectivity index (χ1) is 15.0. The van der Waals surface area contributed by atoms with E-state index in [4.69, 9.17) is 9.47 Å². The van der Waals surface area contributed by atoms with Crippen molar-refractivity contribution >= 4 is 17.7 Å². The molecule has 4 rings (SSSR count). The molecule has 31 heavy (non-hydrogen) atoms. The highest BCUT2D eigenvalue weighted by molar-refractivity contribution is 5.92. The third kappa shape index (κ3) is 4.99. The Labute approximate surface area is 182 Å². The Morgan fingerprint density at radius 3 is 2.68 bits per heavy atom. The van der Waals surface area contributed by atoms with Crippen molar-refractivity contribution in [2.24, 2.45) is 0 Å². The number of piperazine rings is 1. The molecule has 1 amide bonds. The van der Waals surface area contributed by atoms with Crippen LogP contribution in [0.5, 0.6) is 11.5 Å². The van der Waals surface area contributed by atoms with E-state index in [1.54, 1.807) is 6.08 Å². The lowest BCUT2D eigenvalue weighted by molar-refractivity contribution is -0.117. The highest BCUT2D eigenvalue weighted by Gasteiger charge is 2.21. The second-order valence-electron chi connectivity index (χ2n) is 7.80. The summed E-state index contributed by atoms with van der Waals surface area (Å²) in [5, 5.41) is 2.96. The van der Waals surface area contributed by atoms with Crippen molar-refractivity contribution in [3.8, 4) is 11.5 Å². The van der Waals surface area contributed by atoms with Crippen molar-refractivity contribution in [1.82, 2.24) is 10.2 Å². The highest BCUT2D eigenvalue weighted by atomic mass is 19.1. The lowest BCUT2D eigenvalue weighted by atomic mass is 10.0. The number of hydrogen-bond acceptors (Lipinski definition) is 5. The van der Waals surface area contributed by atoms with Gasteiger partial charge in [0.2, 0.25) is 12.7 Å². The van der Waals surface area contributed by atoms with Crippen LogP contribution in [0.25, 0.3) is 6.08 Å². The molecule has 164 valence electrons. The number of carbonyl (C=O) groups is 1. The average molecular weight is 426 g/mol. The van der Waals surface area contributed by atoms with Crippen LogP contribution in [-0.4, -0.2) is 50.3 Å². The van der Waals surface area contributed by atoms with Gasteiger partial charge in [0.05, 0.1) is 6.04 Å². The van der Waals surface area contributed by atoms with Gasteiger partial charge in [0.15, 0.2) is 11.5 Å². The minimum Gasteiger partial charge on any atom is -0.454 e. The van der Waals surface area contributed by atoms with Gasteiger partial charge in [-0.25, -0.2) is 4.39 Å². The van der Waals surface area contributed by atoms with Gasteiger partial charge in [-0.1, -0.05) is 13.0 Å². The molecule has 2 aliphatic heterocycles. The Hall–Kier alpha value is -3.06. The monoisotopic (exact) mass is 425 g/mol. The van der Waals surface area contributed by atoms with Crippen LogP contribution in [0.2, 0.25) is 0 Å². The zero-order chi connectivity index (χ0) is 21.8. The zero-order valence-electron chi connectivity index (χ0n) is 17.9. The number of amides is 1. The topological polar surface area (TPSA) is 54.0 Å². The minimum absolute atomic E-state index is 0.212. The predicted molar refractivity (Wildman–Crippen MR) is 119 cm³/mol. The van der Waals surface area contributed by atoms with Gasteiger partial charge in [0.25, 0.3) is 0 Å². The smallest absolute Gasteiger partial charge is 0.244 e. The van der Waals surface area contributed by atoms with E-state index >= 15 is 0 Å². The second-order valence-corrected chi connectivity index (χ2v) is 7.80. The van der Waals surface area contributed by atoms with Gasteiger partial charge in [-0.05, 0) is 55.4 Å². The molecule has 0 aromatic heterocycles. The van der Waals surface area contributed by atoms with Crippen molar-refractivity contribution in [2.45, 2.75) is 19.9 Å². The SMILES string of the molecule is CCN1CCN(c2ccc(F)cc2C(C)NC(=O)C=Cc2ccc3c(c2)OCO3)CC1. The van der Waals surface area contributed by atoms with Crippen LogP contribution in [0.15, 0.2) is 42.5 Å². The first kappa shape index (κ1) is 21.2. The normalized spacial score (nSPS) is 17.2. The molecule has 1 saturated heterocycles. The molecule has 0 spiro atoms. The number of nitrogens with zero attached hydrogens (tertiary/aromatic N) is 2. The van der Waals surface area contributed by atoms with E-state index in [2.05, 4.69) is 22.0 Å². The molecule has 1 atom stereocenters. The number of nitrogens with one attached hydrogen (secondary N) is 1. The van der Waals surface area contributed by atoms with Crippen LogP contribution in [0.4, 0.5) is 10.1 Å². The fourth-order valence-electron chi connectivity index (χ4n) is 3.99. The van der Waals surface area contributed by atoms with Crippen molar-refractivity contribution in [3.05, 3.63) is 59.4 Å². The molecule has 6 nitrogen and oxygen atoms in total. The van der Waals surface area contributed by atoms with Gasteiger partial charge in [0.1, 0.15) is 5.82 Å². The Morgan fingerprint density at radius 2 is 1.90 bits per heavy atom. The number of likely N-dealkylation sites (N-methyl/N-ethyl adjacent to an activating group) is 1.